The van der Waals surface area contributed by atoms with E-state index >= 15 is 0 Å². The fourth-order valence-electron chi connectivity index (χ4n) is 0.754. The number of hydrogen-bond donors (Lipinski definition) is 0. The second-order valence-electron chi connectivity index (χ2n) is 2.51. The molecule has 2 nitrogen and oxygen atoms in total. The summed E-state index contributed by atoms with van der Waals surface area (Å²) in [7, 11) is 1.75. The number of carbonyl (C=O) groups is 1. The highest BCUT2D eigenvalue weighted by Crippen LogP contribution is 2.05. The molecule has 0 saturated carbocycles. The predicted molar refractivity (Wildman–Crippen MR) is 40.2 cm³/mol. The molecule has 1 atom stereocenters. The second-order valence-corrected chi connectivity index (χ2v) is 2.51. The van der Waals surface area contributed by atoms with E-state index in [-0.39, 0.29) is 5.91 Å². The molecule has 0 aromatic carbocycles. The Bertz CT molecular complexity index is 193. The van der Waals surface area contributed by atoms with Crippen LogP contribution in [0.3, 0.4) is 0 Å². The number of allylic oxidation sites excluding steroid dienone is 2. The molecule has 1 rings (SSSR count). The number of nitrogens with zero attached hydrogens (tertiary/aromatic N) is 1. The molecule has 0 aliphatic carbocycles. The summed E-state index contributed by atoms with van der Waals surface area (Å²) in [5.74, 6) is 0.412. The number of amides is 1. The first-order chi connectivity index (χ1) is 4.70. The number of likely N-dealkylation sites (N-methyl/N-ethyl adjacent to an activating group) is 1. The zero-order valence-corrected chi connectivity index (χ0v) is 6.24. The van der Waals surface area contributed by atoms with E-state index in [1.807, 2.05) is 19.1 Å². The van der Waals surface area contributed by atoms with E-state index in [1.54, 1.807) is 24.2 Å². The standard InChI is InChI=1S/C8H11NO/c1-7-3-4-8(10)9(2)6-5-7/h3-7H,1-2H3. The van der Waals surface area contributed by atoms with Gasteiger partial charge in [-0.15, -0.1) is 0 Å². The van der Waals surface area contributed by atoms with Crippen LogP contribution in [0.2, 0.25) is 0 Å². The summed E-state index contributed by atoms with van der Waals surface area (Å²) in [6.45, 7) is 2.04. The molecule has 1 aliphatic heterocycles. The van der Waals surface area contributed by atoms with Crippen LogP contribution >= 0.6 is 0 Å². The molecule has 1 aliphatic rings. The molecule has 0 aromatic heterocycles. The number of rotatable bonds is 0. The van der Waals surface area contributed by atoms with E-state index in [4.69, 9.17) is 0 Å². The van der Waals surface area contributed by atoms with Gasteiger partial charge in [0.2, 0.25) is 5.91 Å². The highest BCUT2D eigenvalue weighted by atomic mass is 16.2. The molecule has 1 unspecified atom stereocenters. The van der Waals surface area contributed by atoms with Gasteiger partial charge in [0.15, 0.2) is 0 Å². The maximum atomic E-state index is 10.9. The third-order valence-corrected chi connectivity index (χ3v) is 1.50. The lowest BCUT2D eigenvalue weighted by atomic mass is 10.2. The Morgan fingerprint density at radius 2 is 2.20 bits per heavy atom. The summed E-state index contributed by atoms with van der Waals surface area (Å²) in [4.78, 5) is 12.5. The fraction of sp³-hybridized carbons (Fsp3) is 0.375. The van der Waals surface area contributed by atoms with Gasteiger partial charge in [0.05, 0.1) is 0 Å². The summed E-state index contributed by atoms with van der Waals surface area (Å²) < 4.78 is 0. The smallest absolute Gasteiger partial charge is 0.249 e. The van der Waals surface area contributed by atoms with Gasteiger partial charge < -0.3 is 4.90 Å². The van der Waals surface area contributed by atoms with Crippen molar-refractivity contribution in [2.45, 2.75) is 6.92 Å². The van der Waals surface area contributed by atoms with Crippen molar-refractivity contribution in [1.29, 1.82) is 0 Å². The van der Waals surface area contributed by atoms with Gasteiger partial charge in [-0.05, 0) is 5.92 Å². The largest absolute Gasteiger partial charge is 0.319 e. The Morgan fingerprint density at radius 3 is 2.90 bits per heavy atom. The molecular formula is C8H11NO. The lowest BCUT2D eigenvalue weighted by Crippen LogP contribution is -2.16. The summed E-state index contributed by atoms with van der Waals surface area (Å²) in [6.07, 6.45) is 7.28. The van der Waals surface area contributed by atoms with E-state index in [1.165, 1.54) is 0 Å². The van der Waals surface area contributed by atoms with Gasteiger partial charge in [-0.2, -0.15) is 0 Å². The van der Waals surface area contributed by atoms with Crippen LogP contribution in [0.15, 0.2) is 24.4 Å². The first-order valence-corrected chi connectivity index (χ1v) is 3.33. The molecule has 0 saturated heterocycles. The van der Waals surface area contributed by atoms with Crippen LogP contribution in [-0.4, -0.2) is 17.9 Å². The quantitative estimate of drug-likeness (QED) is 0.490. The normalized spacial score (nSPS) is 25.2. The minimum atomic E-state index is 0.0422. The minimum Gasteiger partial charge on any atom is -0.319 e. The topological polar surface area (TPSA) is 20.3 Å². The lowest BCUT2D eigenvalue weighted by molar-refractivity contribution is -0.122. The Balaban J connectivity index is 2.79. The summed E-state index contributed by atoms with van der Waals surface area (Å²) in [5, 5.41) is 0. The molecule has 0 radical (unpaired) electrons. The van der Waals surface area contributed by atoms with E-state index < -0.39 is 0 Å². The van der Waals surface area contributed by atoms with Crippen molar-refractivity contribution in [1.82, 2.24) is 4.90 Å². The van der Waals surface area contributed by atoms with Crippen molar-refractivity contribution < 1.29 is 4.79 Å². The van der Waals surface area contributed by atoms with Crippen molar-refractivity contribution in [2.24, 2.45) is 5.92 Å². The Morgan fingerprint density at radius 1 is 1.50 bits per heavy atom. The lowest BCUT2D eigenvalue weighted by Gasteiger charge is -2.05. The molecule has 54 valence electrons. The monoisotopic (exact) mass is 137 g/mol. The number of hydrogen-bond acceptors (Lipinski definition) is 1. The van der Waals surface area contributed by atoms with Crippen molar-refractivity contribution in [3.63, 3.8) is 0 Å². The molecule has 1 heterocycles. The van der Waals surface area contributed by atoms with E-state index in [2.05, 4.69) is 0 Å². The Kier molecular flexibility index (Phi) is 1.90. The van der Waals surface area contributed by atoms with Crippen LogP contribution in [-0.2, 0) is 4.79 Å². The van der Waals surface area contributed by atoms with Crippen molar-refractivity contribution in [3.8, 4) is 0 Å². The van der Waals surface area contributed by atoms with Crippen LogP contribution in [0, 0.1) is 5.92 Å². The van der Waals surface area contributed by atoms with Crippen molar-refractivity contribution in [3.05, 3.63) is 24.4 Å². The zero-order chi connectivity index (χ0) is 7.56. The molecule has 0 fully saturated rings. The zero-order valence-electron chi connectivity index (χ0n) is 6.24. The maximum Gasteiger partial charge on any atom is 0.249 e. The maximum absolute atomic E-state index is 10.9. The van der Waals surface area contributed by atoms with Crippen LogP contribution in [0.25, 0.3) is 0 Å². The molecule has 0 aromatic rings. The van der Waals surface area contributed by atoms with Crippen molar-refractivity contribution >= 4 is 5.91 Å². The SMILES string of the molecule is CC1C=CC(=O)N(C)C=C1. The predicted octanol–water partition coefficient (Wildman–Crippen LogP) is 1.16. The van der Waals surface area contributed by atoms with E-state index in [0.717, 1.165) is 0 Å². The van der Waals surface area contributed by atoms with E-state index in [9.17, 15) is 4.79 Å². The molecule has 0 bridgehead atoms. The van der Waals surface area contributed by atoms with Crippen LogP contribution in [0.1, 0.15) is 6.92 Å². The summed E-state index contributed by atoms with van der Waals surface area (Å²) in [6, 6.07) is 0. The van der Waals surface area contributed by atoms with Gasteiger partial charge >= 0.3 is 0 Å². The fourth-order valence-corrected chi connectivity index (χ4v) is 0.754. The van der Waals surface area contributed by atoms with Gasteiger partial charge in [0.25, 0.3) is 0 Å². The molecule has 10 heavy (non-hydrogen) atoms. The second kappa shape index (κ2) is 2.69. The highest BCUT2D eigenvalue weighted by Gasteiger charge is 2.04. The molecular weight excluding hydrogens is 126 g/mol. The van der Waals surface area contributed by atoms with E-state index in [0.29, 0.717) is 5.92 Å². The average Bonchev–Trinajstić information content (AvgIpc) is 2.04. The third kappa shape index (κ3) is 1.47. The van der Waals surface area contributed by atoms with Crippen LogP contribution in [0.4, 0.5) is 0 Å². The van der Waals surface area contributed by atoms with Crippen LogP contribution in [0.5, 0.6) is 0 Å². The van der Waals surface area contributed by atoms with Crippen LogP contribution < -0.4 is 0 Å². The van der Waals surface area contributed by atoms with Gasteiger partial charge in [0.1, 0.15) is 0 Å². The Labute approximate surface area is 60.8 Å². The highest BCUT2D eigenvalue weighted by molar-refractivity contribution is 5.88. The number of carbonyl (C=O) groups excluding carboxylic acids is 1. The molecule has 1 amide bonds. The van der Waals surface area contributed by atoms with Gasteiger partial charge in [-0.25, -0.2) is 0 Å². The van der Waals surface area contributed by atoms with Gasteiger partial charge in [0, 0.05) is 19.3 Å². The Hall–Kier alpha value is -1.05. The molecule has 0 N–H and O–H groups in total. The van der Waals surface area contributed by atoms with Crippen molar-refractivity contribution in [2.75, 3.05) is 7.05 Å². The third-order valence-electron chi connectivity index (χ3n) is 1.50. The summed E-state index contributed by atoms with van der Waals surface area (Å²) in [5.41, 5.74) is 0. The minimum absolute atomic E-state index is 0.0422. The summed E-state index contributed by atoms with van der Waals surface area (Å²) >= 11 is 0. The first kappa shape index (κ1) is 7.06. The molecule has 2 heteroatoms. The van der Waals surface area contributed by atoms with Gasteiger partial charge in [-0.3, -0.25) is 4.79 Å². The average molecular weight is 137 g/mol. The molecule has 0 spiro atoms. The first-order valence-electron chi connectivity index (χ1n) is 3.33. The van der Waals surface area contributed by atoms with Gasteiger partial charge in [-0.1, -0.05) is 19.1 Å².